The Kier molecular flexibility index (Phi) is 5.18. The van der Waals surface area contributed by atoms with Crippen molar-refractivity contribution >= 4 is 17.7 Å². The number of nitrogens with zero attached hydrogens (tertiary/aromatic N) is 1. The lowest BCUT2D eigenvalue weighted by molar-refractivity contribution is -0.242. The van der Waals surface area contributed by atoms with Gasteiger partial charge < -0.3 is 20.0 Å². The molecule has 0 spiro atoms. The molecule has 0 saturated carbocycles. The average molecular weight is 327 g/mol. The molecule has 1 aromatic heterocycles. The molecule has 1 amide bonds. The molecule has 0 unspecified atom stereocenters. The number of hydrogen-bond donors (Lipinski definition) is 1. The number of anilines is 1. The summed E-state index contributed by atoms with van der Waals surface area (Å²) in [5.41, 5.74) is 0.866. The van der Waals surface area contributed by atoms with E-state index in [1.807, 2.05) is 30.3 Å². The standard InChI is InChI=1S/C18H20N2O4/c1-18(2,3)24-16(21)13-9-10-19-14(15(13)20-17(22)23)11-12-7-5-4-6-8-12/h4-10,20H,11H2,1-3H3,(H,22,23)/p-1. The van der Waals surface area contributed by atoms with Gasteiger partial charge in [-0.05, 0) is 32.4 Å². The van der Waals surface area contributed by atoms with Gasteiger partial charge in [0.2, 0.25) is 0 Å². The fourth-order valence-corrected chi connectivity index (χ4v) is 2.17. The van der Waals surface area contributed by atoms with Gasteiger partial charge in [0.15, 0.2) is 0 Å². The molecule has 0 aliphatic carbocycles. The van der Waals surface area contributed by atoms with Crippen LogP contribution in [0.1, 0.15) is 42.4 Å². The zero-order valence-electron chi connectivity index (χ0n) is 13.8. The van der Waals surface area contributed by atoms with E-state index in [0.29, 0.717) is 12.1 Å². The van der Waals surface area contributed by atoms with Crippen LogP contribution >= 0.6 is 0 Å². The van der Waals surface area contributed by atoms with E-state index in [2.05, 4.69) is 10.3 Å². The van der Waals surface area contributed by atoms with E-state index in [1.165, 1.54) is 12.3 Å². The largest absolute Gasteiger partial charge is 0.530 e. The van der Waals surface area contributed by atoms with E-state index in [-0.39, 0.29) is 11.3 Å². The molecule has 2 aromatic rings. The average Bonchev–Trinajstić information content (AvgIpc) is 2.47. The van der Waals surface area contributed by atoms with Crippen LogP contribution in [0.25, 0.3) is 0 Å². The van der Waals surface area contributed by atoms with Crippen LogP contribution in [0, 0.1) is 0 Å². The Morgan fingerprint density at radius 1 is 1.17 bits per heavy atom. The Labute approximate surface area is 140 Å². The van der Waals surface area contributed by atoms with Gasteiger partial charge in [0.25, 0.3) is 0 Å². The van der Waals surface area contributed by atoms with Crippen LogP contribution in [-0.2, 0) is 11.2 Å². The van der Waals surface area contributed by atoms with E-state index in [4.69, 9.17) is 4.74 Å². The first-order chi connectivity index (χ1) is 11.3. The van der Waals surface area contributed by atoms with Gasteiger partial charge in [0.1, 0.15) is 11.7 Å². The third-order valence-corrected chi connectivity index (χ3v) is 3.09. The van der Waals surface area contributed by atoms with E-state index < -0.39 is 17.7 Å². The van der Waals surface area contributed by atoms with Gasteiger partial charge in [-0.25, -0.2) is 4.79 Å². The summed E-state index contributed by atoms with van der Waals surface area (Å²) in [4.78, 5) is 27.6. The third-order valence-electron chi connectivity index (χ3n) is 3.09. The molecule has 126 valence electrons. The van der Waals surface area contributed by atoms with Crippen molar-refractivity contribution in [2.75, 3.05) is 5.32 Å². The highest BCUT2D eigenvalue weighted by Crippen LogP contribution is 2.24. The van der Waals surface area contributed by atoms with E-state index in [0.717, 1.165) is 5.56 Å². The second-order valence-electron chi connectivity index (χ2n) is 6.26. The van der Waals surface area contributed by atoms with Crippen molar-refractivity contribution in [3.05, 3.63) is 59.4 Å². The van der Waals surface area contributed by atoms with E-state index >= 15 is 0 Å². The zero-order valence-corrected chi connectivity index (χ0v) is 13.8. The molecule has 2 rings (SSSR count). The molecule has 6 nitrogen and oxygen atoms in total. The number of rotatable bonds is 4. The lowest BCUT2D eigenvalue weighted by atomic mass is 10.1. The van der Waals surface area contributed by atoms with Gasteiger partial charge in [0, 0.05) is 12.6 Å². The van der Waals surface area contributed by atoms with Crippen molar-refractivity contribution < 1.29 is 19.4 Å². The quantitative estimate of drug-likeness (QED) is 0.871. The van der Waals surface area contributed by atoms with Gasteiger partial charge in [0.05, 0.1) is 16.9 Å². The Hall–Kier alpha value is -2.89. The SMILES string of the molecule is CC(C)(C)OC(=O)c1ccnc(Cc2ccccc2)c1NC(=O)[O-]. The highest BCUT2D eigenvalue weighted by Gasteiger charge is 2.22. The maximum absolute atomic E-state index is 12.4. The lowest BCUT2D eigenvalue weighted by Crippen LogP contribution is -2.31. The van der Waals surface area contributed by atoms with Crippen LogP contribution in [0.5, 0.6) is 0 Å². The highest BCUT2D eigenvalue weighted by atomic mass is 16.6. The van der Waals surface area contributed by atoms with Gasteiger partial charge in [-0.3, -0.25) is 4.98 Å². The maximum Gasteiger partial charge on any atom is 0.340 e. The first kappa shape index (κ1) is 17.5. The molecule has 0 aliphatic heterocycles. The summed E-state index contributed by atoms with van der Waals surface area (Å²) in [6.07, 6.45) is 0.313. The number of amides is 1. The minimum atomic E-state index is -1.51. The van der Waals surface area contributed by atoms with Crippen molar-refractivity contribution in [2.24, 2.45) is 0 Å². The first-order valence-corrected chi connectivity index (χ1v) is 7.49. The lowest BCUT2D eigenvalue weighted by Gasteiger charge is -2.21. The normalized spacial score (nSPS) is 11.0. The van der Waals surface area contributed by atoms with Gasteiger partial charge >= 0.3 is 5.97 Å². The number of aromatic nitrogens is 1. The molecule has 6 heteroatoms. The van der Waals surface area contributed by atoms with Crippen molar-refractivity contribution in [3.8, 4) is 0 Å². The van der Waals surface area contributed by atoms with Gasteiger partial charge in [-0.1, -0.05) is 30.3 Å². The molecule has 0 aliphatic rings. The molecular formula is C18H19N2O4-. The summed E-state index contributed by atoms with van der Waals surface area (Å²) in [5.74, 6) is -0.622. The van der Waals surface area contributed by atoms with E-state index in [9.17, 15) is 14.7 Å². The molecule has 0 bridgehead atoms. The molecule has 0 radical (unpaired) electrons. The third kappa shape index (κ3) is 4.81. The molecule has 24 heavy (non-hydrogen) atoms. The van der Waals surface area contributed by atoms with Gasteiger partial charge in [-0.15, -0.1) is 0 Å². The number of carbonyl (C=O) groups is 2. The molecule has 0 atom stereocenters. The van der Waals surface area contributed by atoms with Crippen LogP contribution in [0.3, 0.4) is 0 Å². The maximum atomic E-state index is 12.4. The second kappa shape index (κ2) is 7.12. The minimum absolute atomic E-state index is 0.0932. The Morgan fingerprint density at radius 2 is 1.83 bits per heavy atom. The number of carbonyl (C=O) groups excluding carboxylic acids is 2. The van der Waals surface area contributed by atoms with Crippen LogP contribution < -0.4 is 10.4 Å². The van der Waals surface area contributed by atoms with Crippen molar-refractivity contribution in [1.82, 2.24) is 4.98 Å². The number of ether oxygens (including phenoxy) is 1. The summed E-state index contributed by atoms with van der Waals surface area (Å²) < 4.78 is 5.33. The summed E-state index contributed by atoms with van der Waals surface area (Å²) >= 11 is 0. The zero-order chi connectivity index (χ0) is 17.7. The number of esters is 1. The smallest absolute Gasteiger partial charge is 0.340 e. The van der Waals surface area contributed by atoms with Gasteiger partial charge in [-0.2, -0.15) is 0 Å². The summed E-state index contributed by atoms with van der Waals surface area (Å²) in [7, 11) is 0. The number of pyridine rings is 1. The molecule has 0 fully saturated rings. The Bertz CT molecular complexity index is 736. The van der Waals surface area contributed by atoms with E-state index in [1.54, 1.807) is 20.8 Å². The van der Waals surface area contributed by atoms with Crippen molar-refractivity contribution in [1.29, 1.82) is 0 Å². The van der Waals surface area contributed by atoms with Crippen LogP contribution in [0.4, 0.5) is 10.5 Å². The van der Waals surface area contributed by atoms with Crippen LogP contribution in [0.15, 0.2) is 42.6 Å². The molecule has 1 heterocycles. The monoisotopic (exact) mass is 327 g/mol. The predicted octanol–water partition coefficient (Wildman–Crippen LogP) is 2.38. The highest BCUT2D eigenvalue weighted by molar-refractivity contribution is 5.99. The minimum Gasteiger partial charge on any atom is -0.530 e. The fourth-order valence-electron chi connectivity index (χ4n) is 2.17. The summed E-state index contributed by atoms with van der Waals surface area (Å²) in [6.45, 7) is 5.22. The summed E-state index contributed by atoms with van der Waals surface area (Å²) in [5, 5.41) is 13.2. The first-order valence-electron chi connectivity index (χ1n) is 7.49. The molecular weight excluding hydrogens is 308 g/mol. The van der Waals surface area contributed by atoms with Crippen molar-refractivity contribution in [3.63, 3.8) is 0 Å². The fraction of sp³-hybridized carbons (Fsp3) is 0.278. The topological polar surface area (TPSA) is 91.3 Å². The molecule has 0 saturated heterocycles. The Balaban J connectivity index is 2.42. The molecule has 1 N–H and O–H groups in total. The summed E-state index contributed by atoms with van der Waals surface area (Å²) in [6, 6.07) is 10.8. The number of carboxylic acid groups (broad SMARTS) is 1. The second-order valence-corrected chi connectivity index (χ2v) is 6.26. The van der Waals surface area contributed by atoms with Crippen molar-refractivity contribution in [2.45, 2.75) is 32.8 Å². The van der Waals surface area contributed by atoms with Crippen LogP contribution in [-0.4, -0.2) is 22.6 Å². The number of benzene rings is 1. The number of hydrogen-bond acceptors (Lipinski definition) is 5. The van der Waals surface area contributed by atoms with Crippen LogP contribution in [0.2, 0.25) is 0 Å². The number of nitrogens with one attached hydrogen (secondary N) is 1. The Morgan fingerprint density at radius 3 is 2.42 bits per heavy atom. The predicted molar refractivity (Wildman–Crippen MR) is 87.7 cm³/mol. The molecule has 1 aromatic carbocycles.